The highest BCUT2D eigenvalue weighted by Gasteiger charge is 2.34. The Labute approximate surface area is 248 Å². The second-order valence-electron chi connectivity index (χ2n) is 10.6. The number of nitrogens with zero attached hydrogens (tertiary/aromatic N) is 5. The maximum Gasteiger partial charge on any atom is 0.416 e. The fraction of sp³-hybridized carbons (Fsp3) is 0.367. The Morgan fingerprint density at radius 2 is 1.98 bits per heavy atom. The van der Waals surface area contributed by atoms with E-state index in [9.17, 15) is 18.0 Å². The molecule has 2 aliphatic rings. The number of alkyl halides is 3. The van der Waals surface area contributed by atoms with E-state index in [4.69, 9.17) is 9.57 Å². The minimum atomic E-state index is -4.45. The number of hydrogen-bond acceptors (Lipinski definition) is 9. The number of hydrogen-bond donors (Lipinski definition) is 2. The second kappa shape index (κ2) is 12.5. The Balaban J connectivity index is 1.43. The first-order valence-corrected chi connectivity index (χ1v) is 13.8. The summed E-state index contributed by atoms with van der Waals surface area (Å²) in [5, 5.41) is 7.65. The number of benzene rings is 2. The van der Waals surface area contributed by atoms with Gasteiger partial charge in [0, 0.05) is 37.7 Å². The number of hydroxylamine groups is 1. The highest BCUT2D eigenvalue weighted by Crippen LogP contribution is 2.41. The van der Waals surface area contributed by atoms with Crippen LogP contribution in [0.15, 0.2) is 61.4 Å². The standard InChI is InChI=1S/C30H34F3N7O3/c1-5-29(41)37-22-14-23(26(42-4)15-25(22)39-11-9-21(17-39)38(2)3)36-27-16-28(35-18-34-27)40-24(10-12-43-40)19-7-6-8-20(13-19)30(31,32)33/h5-8,13-16,18,21,24H,1,9-12,17H2,2-4H3,(H,37,41)(H,34,35,36). The topological polar surface area (TPSA) is 95.1 Å². The van der Waals surface area contributed by atoms with Crippen LogP contribution < -0.4 is 25.3 Å². The molecule has 2 aliphatic heterocycles. The maximum absolute atomic E-state index is 13.4. The molecule has 13 heteroatoms. The molecule has 5 rings (SSSR count). The summed E-state index contributed by atoms with van der Waals surface area (Å²) in [4.78, 5) is 31.2. The van der Waals surface area contributed by atoms with Gasteiger partial charge in [-0.15, -0.1) is 0 Å². The van der Waals surface area contributed by atoms with E-state index in [0.29, 0.717) is 53.4 Å². The van der Waals surface area contributed by atoms with Crippen LogP contribution in [0.2, 0.25) is 0 Å². The third-order valence-corrected chi connectivity index (χ3v) is 7.64. The molecular formula is C30H34F3N7O3. The molecule has 43 heavy (non-hydrogen) atoms. The van der Waals surface area contributed by atoms with Gasteiger partial charge >= 0.3 is 6.18 Å². The number of carbonyl (C=O) groups is 1. The largest absolute Gasteiger partial charge is 0.494 e. The summed E-state index contributed by atoms with van der Waals surface area (Å²) in [6.07, 6.45) is -0.431. The lowest BCUT2D eigenvalue weighted by Crippen LogP contribution is -2.31. The molecule has 2 aromatic carbocycles. The van der Waals surface area contributed by atoms with E-state index >= 15 is 0 Å². The molecule has 0 spiro atoms. The lowest BCUT2D eigenvalue weighted by molar-refractivity contribution is -0.137. The molecule has 10 nitrogen and oxygen atoms in total. The highest BCUT2D eigenvalue weighted by molar-refractivity contribution is 6.02. The van der Waals surface area contributed by atoms with Gasteiger partial charge in [0.25, 0.3) is 0 Å². The van der Waals surface area contributed by atoms with Crippen LogP contribution in [0.5, 0.6) is 5.75 Å². The van der Waals surface area contributed by atoms with E-state index in [1.807, 2.05) is 20.2 Å². The number of nitrogens with one attached hydrogen (secondary N) is 2. The monoisotopic (exact) mass is 597 g/mol. The van der Waals surface area contributed by atoms with E-state index in [2.05, 4.69) is 37.0 Å². The van der Waals surface area contributed by atoms with Crippen LogP contribution >= 0.6 is 0 Å². The minimum Gasteiger partial charge on any atom is -0.494 e. The fourth-order valence-electron chi connectivity index (χ4n) is 5.36. The molecule has 2 atom stereocenters. The van der Waals surface area contributed by atoms with Crippen molar-refractivity contribution < 1.29 is 27.5 Å². The zero-order valence-corrected chi connectivity index (χ0v) is 24.2. The molecule has 3 heterocycles. The molecule has 2 N–H and O–H groups in total. The van der Waals surface area contributed by atoms with Gasteiger partial charge in [-0.25, -0.2) is 15.0 Å². The molecule has 0 radical (unpaired) electrons. The predicted molar refractivity (Wildman–Crippen MR) is 159 cm³/mol. The number of halogens is 3. The van der Waals surface area contributed by atoms with Crippen LogP contribution in [-0.2, 0) is 15.8 Å². The van der Waals surface area contributed by atoms with E-state index in [-0.39, 0.29) is 5.91 Å². The predicted octanol–water partition coefficient (Wildman–Crippen LogP) is 5.40. The van der Waals surface area contributed by atoms with Gasteiger partial charge in [-0.05, 0) is 50.4 Å². The summed E-state index contributed by atoms with van der Waals surface area (Å²) >= 11 is 0. The first-order chi connectivity index (χ1) is 20.6. The number of carbonyl (C=O) groups excluding carboxylic acids is 1. The van der Waals surface area contributed by atoms with Gasteiger partial charge in [-0.1, -0.05) is 18.7 Å². The number of ether oxygens (including phenoxy) is 1. The third kappa shape index (κ3) is 6.67. The molecular weight excluding hydrogens is 563 g/mol. The van der Waals surface area contributed by atoms with Gasteiger partial charge in [0.2, 0.25) is 5.91 Å². The van der Waals surface area contributed by atoms with Crippen molar-refractivity contribution in [2.24, 2.45) is 0 Å². The van der Waals surface area contributed by atoms with E-state index in [1.165, 1.54) is 23.5 Å². The van der Waals surface area contributed by atoms with Crippen LogP contribution in [-0.4, -0.2) is 67.7 Å². The highest BCUT2D eigenvalue weighted by atomic mass is 19.4. The Morgan fingerprint density at radius 3 is 2.67 bits per heavy atom. The van der Waals surface area contributed by atoms with Crippen molar-refractivity contribution in [3.05, 3.63) is 72.6 Å². The summed E-state index contributed by atoms with van der Waals surface area (Å²) in [7, 11) is 5.66. The average molecular weight is 598 g/mol. The number of amides is 1. The van der Waals surface area contributed by atoms with Crippen LogP contribution in [0.25, 0.3) is 0 Å². The van der Waals surface area contributed by atoms with Crippen LogP contribution in [0, 0.1) is 0 Å². The van der Waals surface area contributed by atoms with Crippen LogP contribution in [0.3, 0.4) is 0 Å². The number of rotatable bonds is 9. The second-order valence-corrected chi connectivity index (χ2v) is 10.6. The Morgan fingerprint density at radius 1 is 1.16 bits per heavy atom. The number of aromatic nitrogens is 2. The molecule has 1 aromatic heterocycles. The maximum atomic E-state index is 13.4. The quantitative estimate of drug-likeness (QED) is 0.315. The Hall–Kier alpha value is -4.36. The zero-order chi connectivity index (χ0) is 30.7. The van der Waals surface area contributed by atoms with Crippen LogP contribution in [0.1, 0.15) is 30.0 Å². The SMILES string of the molecule is C=CC(=O)Nc1cc(Nc2cc(N3OCCC3c3cccc(C(F)(F)F)c3)ncn2)c(OC)cc1N1CCC(N(C)C)C1. The van der Waals surface area contributed by atoms with Gasteiger partial charge in [0.05, 0.1) is 42.4 Å². The normalized spacial score (nSPS) is 18.7. The van der Waals surface area contributed by atoms with Crippen molar-refractivity contribution in [3.63, 3.8) is 0 Å². The van der Waals surface area contributed by atoms with Crippen molar-refractivity contribution in [1.29, 1.82) is 0 Å². The molecule has 228 valence electrons. The molecule has 0 aliphatic carbocycles. The summed E-state index contributed by atoms with van der Waals surface area (Å²) in [6.45, 7) is 5.50. The van der Waals surface area contributed by atoms with E-state index in [1.54, 1.807) is 25.3 Å². The van der Waals surface area contributed by atoms with E-state index in [0.717, 1.165) is 37.3 Å². The van der Waals surface area contributed by atoms with Gasteiger partial charge in [-0.2, -0.15) is 13.2 Å². The lowest BCUT2D eigenvalue weighted by Gasteiger charge is -2.26. The smallest absolute Gasteiger partial charge is 0.416 e. The molecule has 1 amide bonds. The molecule has 2 unspecified atom stereocenters. The molecule has 0 bridgehead atoms. The summed E-state index contributed by atoms with van der Waals surface area (Å²) in [5.74, 6) is 0.945. The van der Waals surface area contributed by atoms with Gasteiger partial charge in [0.15, 0.2) is 5.82 Å². The summed E-state index contributed by atoms with van der Waals surface area (Å²) in [6, 6.07) is 10.4. The third-order valence-electron chi connectivity index (χ3n) is 7.64. The molecule has 2 saturated heterocycles. The van der Waals surface area contributed by atoms with Crippen LogP contribution in [0.4, 0.5) is 41.9 Å². The number of likely N-dealkylation sites (N-methyl/N-ethyl adjacent to an activating group) is 1. The first-order valence-electron chi connectivity index (χ1n) is 13.8. The number of methoxy groups -OCH3 is 1. The van der Waals surface area contributed by atoms with Gasteiger partial charge in [-0.3, -0.25) is 9.63 Å². The van der Waals surface area contributed by atoms with Crippen molar-refractivity contribution in [1.82, 2.24) is 14.9 Å². The Bertz CT molecular complexity index is 1480. The average Bonchev–Trinajstić information content (AvgIpc) is 3.68. The molecule has 0 saturated carbocycles. The zero-order valence-electron chi connectivity index (χ0n) is 24.2. The fourth-order valence-corrected chi connectivity index (χ4v) is 5.36. The molecule has 3 aromatic rings. The first kappa shape index (κ1) is 30.1. The summed E-state index contributed by atoms with van der Waals surface area (Å²) in [5.41, 5.74) is 1.69. The lowest BCUT2D eigenvalue weighted by atomic mass is 10.0. The Kier molecular flexibility index (Phi) is 8.74. The minimum absolute atomic E-state index is 0.320. The molecule has 2 fully saturated rings. The number of anilines is 5. The van der Waals surface area contributed by atoms with Gasteiger partial charge in [0.1, 0.15) is 17.9 Å². The van der Waals surface area contributed by atoms with Crippen molar-refractivity contribution in [3.8, 4) is 5.75 Å². The van der Waals surface area contributed by atoms with Crippen molar-refractivity contribution in [2.75, 3.05) is 61.5 Å². The van der Waals surface area contributed by atoms with Crippen molar-refractivity contribution >= 4 is 34.6 Å². The van der Waals surface area contributed by atoms with Gasteiger partial charge < -0.3 is 25.2 Å². The van der Waals surface area contributed by atoms with Crippen molar-refractivity contribution in [2.45, 2.75) is 31.1 Å². The van der Waals surface area contributed by atoms with E-state index < -0.39 is 17.8 Å². The summed E-state index contributed by atoms with van der Waals surface area (Å²) < 4.78 is 45.8.